The number of Topliss-reactive ketones (excluding diaryl/α,β-unsaturated/α-hetero) is 1. The summed E-state index contributed by atoms with van der Waals surface area (Å²) in [6, 6.07) is 10.2. The summed E-state index contributed by atoms with van der Waals surface area (Å²) in [5, 5.41) is 0.0288. The summed E-state index contributed by atoms with van der Waals surface area (Å²) in [6.45, 7) is 3.82. The molecule has 0 saturated heterocycles. The Kier molecular flexibility index (Phi) is 4.01. The molecule has 0 amide bonds. The lowest BCUT2D eigenvalue weighted by atomic mass is 9.97. The summed E-state index contributed by atoms with van der Waals surface area (Å²) < 4.78 is 13.3. The van der Waals surface area contributed by atoms with Crippen LogP contribution in [0.15, 0.2) is 36.4 Å². The fraction of sp³-hybridized carbons (Fsp3) is 0.188. The van der Waals surface area contributed by atoms with Gasteiger partial charge in [-0.25, -0.2) is 4.39 Å². The molecule has 0 bridgehead atoms. The van der Waals surface area contributed by atoms with Crippen molar-refractivity contribution in [2.24, 2.45) is 0 Å². The van der Waals surface area contributed by atoms with Gasteiger partial charge in [0.1, 0.15) is 5.82 Å². The van der Waals surface area contributed by atoms with Crippen LogP contribution in [0.4, 0.5) is 4.39 Å². The Morgan fingerprint density at radius 2 is 1.95 bits per heavy atom. The van der Waals surface area contributed by atoms with Gasteiger partial charge in [0.15, 0.2) is 5.78 Å². The van der Waals surface area contributed by atoms with Crippen molar-refractivity contribution in [3.05, 3.63) is 69.5 Å². The van der Waals surface area contributed by atoms with E-state index in [1.165, 1.54) is 6.07 Å². The van der Waals surface area contributed by atoms with Gasteiger partial charge in [-0.15, -0.1) is 0 Å². The first-order valence-electron chi connectivity index (χ1n) is 6.02. The van der Waals surface area contributed by atoms with Crippen molar-refractivity contribution in [2.75, 3.05) is 0 Å². The van der Waals surface area contributed by atoms with E-state index < -0.39 is 5.82 Å². The van der Waals surface area contributed by atoms with E-state index in [0.29, 0.717) is 11.1 Å². The van der Waals surface area contributed by atoms with Crippen LogP contribution < -0.4 is 0 Å². The van der Waals surface area contributed by atoms with Crippen molar-refractivity contribution in [3.63, 3.8) is 0 Å². The summed E-state index contributed by atoms with van der Waals surface area (Å²) in [5.74, 6) is -0.540. The molecule has 0 radical (unpaired) electrons. The van der Waals surface area contributed by atoms with E-state index >= 15 is 0 Å². The van der Waals surface area contributed by atoms with Gasteiger partial charge in [-0.2, -0.15) is 0 Å². The molecule has 0 atom stereocenters. The zero-order valence-corrected chi connectivity index (χ0v) is 11.6. The highest BCUT2D eigenvalue weighted by Gasteiger charge is 2.13. The molecule has 19 heavy (non-hydrogen) atoms. The molecule has 0 unspecified atom stereocenters. The standard InChI is InChI=1S/C16H14ClFO/c1-10-6-7-11(2)13(8-10)15(19)9-12-4-3-5-14(18)16(12)17/h3-8H,9H2,1-2H3. The number of aryl methyl sites for hydroxylation is 2. The highest BCUT2D eigenvalue weighted by molar-refractivity contribution is 6.31. The third kappa shape index (κ3) is 3.02. The third-order valence-corrected chi connectivity index (χ3v) is 3.50. The van der Waals surface area contributed by atoms with E-state index in [-0.39, 0.29) is 17.2 Å². The maximum absolute atomic E-state index is 13.3. The maximum atomic E-state index is 13.3. The first-order valence-corrected chi connectivity index (χ1v) is 6.40. The largest absolute Gasteiger partial charge is 0.294 e. The van der Waals surface area contributed by atoms with E-state index in [9.17, 15) is 9.18 Å². The molecule has 0 aromatic heterocycles. The monoisotopic (exact) mass is 276 g/mol. The number of hydrogen-bond donors (Lipinski definition) is 0. The van der Waals surface area contributed by atoms with Crippen LogP contribution in [-0.4, -0.2) is 5.78 Å². The molecule has 0 aliphatic rings. The van der Waals surface area contributed by atoms with E-state index in [0.717, 1.165) is 11.1 Å². The number of hydrogen-bond acceptors (Lipinski definition) is 1. The van der Waals surface area contributed by atoms with Gasteiger partial charge in [0.25, 0.3) is 0 Å². The van der Waals surface area contributed by atoms with E-state index in [4.69, 9.17) is 11.6 Å². The van der Waals surface area contributed by atoms with Crippen molar-refractivity contribution < 1.29 is 9.18 Å². The maximum Gasteiger partial charge on any atom is 0.167 e. The van der Waals surface area contributed by atoms with Gasteiger partial charge in [0, 0.05) is 12.0 Å². The number of rotatable bonds is 3. The summed E-state index contributed by atoms with van der Waals surface area (Å²) in [7, 11) is 0. The van der Waals surface area contributed by atoms with E-state index in [1.54, 1.807) is 12.1 Å². The molecule has 2 aromatic carbocycles. The van der Waals surface area contributed by atoms with Crippen LogP contribution in [0.3, 0.4) is 0 Å². The van der Waals surface area contributed by atoms with Crippen LogP contribution in [0, 0.1) is 19.7 Å². The predicted octanol–water partition coefficient (Wildman–Crippen LogP) is 4.52. The molecule has 98 valence electrons. The van der Waals surface area contributed by atoms with Crippen LogP contribution >= 0.6 is 11.6 Å². The normalized spacial score (nSPS) is 10.5. The Morgan fingerprint density at radius 1 is 1.21 bits per heavy atom. The second-order valence-electron chi connectivity index (χ2n) is 4.63. The predicted molar refractivity (Wildman–Crippen MR) is 75.4 cm³/mol. The molecular formula is C16H14ClFO. The molecule has 0 saturated carbocycles. The molecule has 0 fully saturated rings. The molecule has 2 aromatic rings. The molecule has 0 aliphatic heterocycles. The minimum atomic E-state index is -0.493. The number of carbonyl (C=O) groups is 1. The van der Waals surface area contributed by atoms with Crippen molar-refractivity contribution in [3.8, 4) is 0 Å². The SMILES string of the molecule is Cc1ccc(C)c(C(=O)Cc2cccc(F)c2Cl)c1. The molecule has 3 heteroatoms. The highest BCUT2D eigenvalue weighted by Crippen LogP contribution is 2.22. The molecular weight excluding hydrogens is 263 g/mol. The smallest absolute Gasteiger partial charge is 0.167 e. The summed E-state index contributed by atoms with van der Waals surface area (Å²) in [6.07, 6.45) is 0.112. The molecule has 2 rings (SSSR count). The quantitative estimate of drug-likeness (QED) is 0.753. The molecule has 0 spiro atoms. The van der Waals surface area contributed by atoms with Gasteiger partial charge < -0.3 is 0 Å². The zero-order chi connectivity index (χ0) is 14.0. The lowest BCUT2D eigenvalue weighted by Crippen LogP contribution is -2.07. The van der Waals surface area contributed by atoms with Crippen LogP contribution in [-0.2, 0) is 6.42 Å². The van der Waals surface area contributed by atoms with Crippen molar-refractivity contribution in [2.45, 2.75) is 20.3 Å². The Labute approximate surface area is 117 Å². The number of halogens is 2. The Hall–Kier alpha value is -1.67. The third-order valence-electron chi connectivity index (χ3n) is 3.08. The average Bonchev–Trinajstić information content (AvgIpc) is 2.38. The minimum Gasteiger partial charge on any atom is -0.294 e. The summed E-state index contributed by atoms with van der Waals surface area (Å²) in [5.41, 5.74) is 3.13. The van der Waals surface area contributed by atoms with Gasteiger partial charge in [-0.1, -0.05) is 41.4 Å². The number of carbonyl (C=O) groups excluding carboxylic acids is 1. The summed E-state index contributed by atoms with van der Waals surface area (Å²) in [4.78, 5) is 12.3. The average molecular weight is 277 g/mol. The fourth-order valence-corrected chi connectivity index (χ4v) is 2.18. The molecule has 0 N–H and O–H groups in total. The number of ketones is 1. The number of benzene rings is 2. The molecule has 1 nitrogen and oxygen atoms in total. The van der Waals surface area contributed by atoms with Gasteiger partial charge in [0.05, 0.1) is 5.02 Å². The lowest BCUT2D eigenvalue weighted by Gasteiger charge is -2.08. The van der Waals surface area contributed by atoms with Crippen LogP contribution in [0.2, 0.25) is 5.02 Å². The highest BCUT2D eigenvalue weighted by atomic mass is 35.5. The van der Waals surface area contributed by atoms with Gasteiger partial charge in [-0.05, 0) is 37.1 Å². The van der Waals surface area contributed by atoms with Crippen molar-refractivity contribution in [1.82, 2.24) is 0 Å². The second-order valence-corrected chi connectivity index (χ2v) is 5.01. The molecule has 0 aliphatic carbocycles. The first kappa shape index (κ1) is 13.8. The second kappa shape index (κ2) is 5.54. The minimum absolute atomic E-state index is 0.0288. The first-order chi connectivity index (χ1) is 8.99. The van der Waals surface area contributed by atoms with E-state index in [2.05, 4.69) is 0 Å². The molecule has 0 heterocycles. The Bertz CT molecular complexity index is 635. The van der Waals surface area contributed by atoms with E-state index in [1.807, 2.05) is 32.0 Å². The van der Waals surface area contributed by atoms with Crippen molar-refractivity contribution in [1.29, 1.82) is 0 Å². The fourth-order valence-electron chi connectivity index (χ4n) is 1.99. The topological polar surface area (TPSA) is 17.1 Å². The van der Waals surface area contributed by atoms with Crippen LogP contribution in [0.25, 0.3) is 0 Å². The lowest BCUT2D eigenvalue weighted by molar-refractivity contribution is 0.0992. The van der Waals surface area contributed by atoms with Crippen LogP contribution in [0.5, 0.6) is 0 Å². The van der Waals surface area contributed by atoms with Crippen LogP contribution in [0.1, 0.15) is 27.0 Å². The van der Waals surface area contributed by atoms with Gasteiger partial charge in [0.2, 0.25) is 0 Å². The van der Waals surface area contributed by atoms with Gasteiger partial charge >= 0.3 is 0 Å². The summed E-state index contributed by atoms with van der Waals surface area (Å²) >= 11 is 5.87. The Balaban J connectivity index is 2.31. The van der Waals surface area contributed by atoms with Gasteiger partial charge in [-0.3, -0.25) is 4.79 Å². The zero-order valence-electron chi connectivity index (χ0n) is 10.8. The van der Waals surface area contributed by atoms with Crippen molar-refractivity contribution >= 4 is 17.4 Å². The Morgan fingerprint density at radius 3 is 2.68 bits per heavy atom.